The standard InChI is InChI=1S/C41H80NO8P/c1-6-8-10-12-14-16-18-20-21-22-24-26-28-30-32-34-41(44)50-39(38-49-51(45,46)48-36-35-42(3,4)5)37-47-40(43)33-31-29-27-25-23-19-17-15-13-11-9-7-2/h15,17,39H,6-14,16,18-38H2,1-5H3/b17-15-/t39-/m1/s1. The molecule has 0 radical (unpaired) electrons. The van der Waals surface area contributed by atoms with Gasteiger partial charge in [-0.3, -0.25) is 14.2 Å². The van der Waals surface area contributed by atoms with E-state index in [1.807, 2.05) is 21.1 Å². The third-order valence-corrected chi connectivity index (χ3v) is 10.00. The number of hydrogen-bond acceptors (Lipinski definition) is 8. The first-order valence-electron chi connectivity index (χ1n) is 20.9. The Kier molecular flexibility index (Phi) is 33.7. The van der Waals surface area contributed by atoms with Crippen LogP contribution in [0.1, 0.15) is 187 Å². The Balaban J connectivity index is 4.37. The molecule has 0 saturated heterocycles. The molecule has 0 fully saturated rings. The maximum Gasteiger partial charge on any atom is 0.306 e. The topological polar surface area (TPSA) is 111 Å². The van der Waals surface area contributed by atoms with E-state index in [1.165, 1.54) is 103 Å². The second kappa shape index (κ2) is 34.5. The molecule has 0 aliphatic heterocycles. The Bertz CT molecular complexity index is 891. The van der Waals surface area contributed by atoms with Crippen molar-refractivity contribution in [1.82, 2.24) is 0 Å². The van der Waals surface area contributed by atoms with Crippen molar-refractivity contribution in [3.63, 3.8) is 0 Å². The molecular formula is C41H80NO8P. The molecule has 2 atom stereocenters. The fourth-order valence-electron chi connectivity index (χ4n) is 5.71. The normalized spacial score (nSPS) is 13.8. The van der Waals surface area contributed by atoms with Gasteiger partial charge >= 0.3 is 11.9 Å². The van der Waals surface area contributed by atoms with Crippen LogP contribution in [0.4, 0.5) is 0 Å². The largest absolute Gasteiger partial charge is 0.756 e. The van der Waals surface area contributed by atoms with Crippen LogP contribution in [0.25, 0.3) is 0 Å². The van der Waals surface area contributed by atoms with Gasteiger partial charge in [0.15, 0.2) is 6.10 Å². The lowest BCUT2D eigenvalue weighted by Gasteiger charge is -2.28. The molecule has 302 valence electrons. The van der Waals surface area contributed by atoms with Crippen molar-refractivity contribution in [3.05, 3.63) is 12.2 Å². The smallest absolute Gasteiger partial charge is 0.306 e. The number of phosphoric acid groups is 1. The number of allylic oxidation sites excluding steroid dienone is 2. The van der Waals surface area contributed by atoms with E-state index in [1.54, 1.807) is 0 Å². The van der Waals surface area contributed by atoms with Crippen LogP contribution in [-0.4, -0.2) is 70.0 Å². The number of esters is 2. The van der Waals surface area contributed by atoms with Crippen molar-refractivity contribution in [2.24, 2.45) is 0 Å². The van der Waals surface area contributed by atoms with Crippen LogP contribution in [-0.2, 0) is 32.7 Å². The number of quaternary nitrogens is 1. The second-order valence-electron chi connectivity index (χ2n) is 15.4. The van der Waals surface area contributed by atoms with Gasteiger partial charge in [0.1, 0.15) is 19.8 Å². The third kappa shape index (κ3) is 38.3. The van der Waals surface area contributed by atoms with Crippen LogP contribution >= 0.6 is 7.82 Å². The van der Waals surface area contributed by atoms with Crippen molar-refractivity contribution >= 4 is 19.8 Å². The van der Waals surface area contributed by atoms with Crippen LogP contribution in [0.15, 0.2) is 12.2 Å². The summed E-state index contributed by atoms with van der Waals surface area (Å²) in [6, 6.07) is 0. The minimum absolute atomic E-state index is 0.0291. The number of phosphoric ester groups is 1. The number of unbranched alkanes of at least 4 members (excludes halogenated alkanes) is 22. The van der Waals surface area contributed by atoms with Crippen LogP contribution in [0.2, 0.25) is 0 Å². The number of ether oxygens (including phenoxy) is 2. The molecule has 0 spiro atoms. The zero-order valence-corrected chi connectivity index (χ0v) is 34.7. The van der Waals surface area contributed by atoms with Gasteiger partial charge in [0.2, 0.25) is 0 Å². The molecule has 0 amide bonds. The van der Waals surface area contributed by atoms with Gasteiger partial charge < -0.3 is 27.9 Å². The molecule has 0 aromatic heterocycles. The molecule has 0 aromatic rings. The highest BCUT2D eigenvalue weighted by Crippen LogP contribution is 2.38. The summed E-state index contributed by atoms with van der Waals surface area (Å²) >= 11 is 0. The van der Waals surface area contributed by atoms with E-state index in [0.29, 0.717) is 17.4 Å². The Morgan fingerprint density at radius 2 is 1.00 bits per heavy atom. The molecule has 0 bridgehead atoms. The summed E-state index contributed by atoms with van der Waals surface area (Å²) in [6.07, 6.45) is 33.7. The van der Waals surface area contributed by atoms with E-state index in [9.17, 15) is 19.0 Å². The van der Waals surface area contributed by atoms with Crippen molar-refractivity contribution in [2.75, 3.05) is 47.5 Å². The molecule has 10 heteroatoms. The van der Waals surface area contributed by atoms with Crippen molar-refractivity contribution in [1.29, 1.82) is 0 Å². The van der Waals surface area contributed by atoms with Gasteiger partial charge in [0.05, 0.1) is 27.7 Å². The molecule has 0 aromatic carbocycles. The third-order valence-electron chi connectivity index (χ3n) is 9.04. The number of carbonyl (C=O) groups excluding carboxylic acids is 2. The highest BCUT2D eigenvalue weighted by Gasteiger charge is 2.21. The fourth-order valence-corrected chi connectivity index (χ4v) is 6.44. The predicted octanol–water partition coefficient (Wildman–Crippen LogP) is 10.8. The van der Waals surface area contributed by atoms with Gasteiger partial charge in [-0.2, -0.15) is 0 Å². The Labute approximate surface area is 314 Å². The Hall–Kier alpha value is -1.25. The summed E-state index contributed by atoms with van der Waals surface area (Å²) in [4.78, 5) is 37.4. The summed E-state index contributed by atoms with van der Waals surface area (Å²) < 4.78 is 33.8. The molecule has 51 heavy (non-hydrogen) atoms. The lowest BCUT2D eigenvalue weighted by atomic mass is 10.0. The van der Waals surface area contributed by atoms with Gasteiger partial charge in [-0.1, -0.05) is 148 Å². The SMILES string of the molecule is CCCCC/C=C\CCCCCCCC(=O)OC[C@H](COP(=O)([O-])OCC[N+](C)(C)C)OC(=O)CCCCCCCCCCCCCCCCC. The van der Waals surface area contributed by atoms with Gasteiger partial charge in [0, 0.05) is 12.8 Å². The average molecular weight is 746 g/mol. The predicted molar refractivity (Wildman–Crippen MR) is 208 cm³/mol. The lowest BCUT2D eigenvalue weighted by molar-refractivity contribution is -0.870. The number of likely N-dealkylation sites (N-methyl/N-ethyl adjacent to an activating group) is 1. The van der Waals surface area contributed by atoms with E-state index < -0.39 is 32.5 Å². The average Bonchev–Trinajstić information content (AvgIpc) is 3.07. The monoisotopic (exact) mass is 746 g/mol. The van der Waals surface area contributed by atoms with Crippen molar-refractivity contribution in [2.45, 2.75) is 193 Å². The molecule has 1 unspecified atom stereocenters. The molecule has 0 rings (SSSR count). The number of carbonyl (C=O) groups is 2. The van der Waals surface area contributed by atoms with E-state index >= 15 is 0 Å². The molecular weight excluding hydrogens is 665 g/mol. The highest BCUT2D eigenvalue weighted by molar-refractivity contribution is 7.45. The van der Waals surface area contributed by atoms with Gasteiger partial charge in [-0.25, -0.2) is 0 Å². The Morgan fingerprint density at radius 3 is 1.49 bits per heavy atom. The molecule has 0 heterocycles. The van der Waals surface area contributed by atoms with Gasteiger partial charge in [-0.15, -0.1) is 0 Å². The van der Waals surface area contributed by atoms with Crippen LogP contribution in [0, 0.1) is 0 Å². The number of rotatable bonds is 38. The summed E-state index contributed by atoms with van der Waals surface area (Å²) in [7, 11) is 1.17. The van der Waals surface area contributed by atoms with Crippen LogP contribution in [0.3, 0.4) is 0 Å². The zero-order valence-electron chi connectivity index (χ0n) is 33.8. The number of hydrogen-bond donors (Lipinski definition) is 0. The summed E-state index contributed by atoms with van der Waals surface area (Å²) in [5.74, 6) is -0.838. The minimum atomic E-state index is -4.62. The first-order chi connectivity index (χ1) is 24.5. The maximum atomic E-state index is 12.6. The summed E-state index contributed by atoms with van der Waals surface area (Å²) in [5, 5.41) is 0. The van der Waals surface area contributed by atoms with Gasteiger partial charge in [-0.05, 0) is 38.5 Å². The van der Waals surface area contributed by atoms with E-state index in [-0.39, 0.29) is 26.1 Å². The van der Waals surface area contributed by atoms with Crippen LogP contribution < -0.4 is 4.89 Å². The van der Waals surface area contributed by atoms with E-state index in [4.69, 9.17) is 18.5 Å². The van der Waals surface area contributed by atoms with Crippen LogP contribution in [0.5, 0.6) is 0 Å². The highest BCUT2D eigenvalue weighted by atomic mass is 31.2. The quantitative estimate of drug-likeness (QED) is 0.0202. The maximum absolute atomic E-state index is 12.6. The first-order valence-corrected chi connectivity index (χ1v) is 22.4. The molecule has 0 aliphatic carbocycles. The molecule has 0 N–H and O–H groups in total. The number of nitrogens with zero attached hydrogens (tertiary/aromatic N) is 1. The lowest BCUT2D eigenvalue weighted by Crippen LogP contribution is -2.37. The van der Waals surface area contributed by atoms with E-state index in [2.05, 4.69) is 26.0 Å². The van der Waals surface area contributed by atoms with Crippen molar-refractivity contribution in [3.8, 4) is 0 Å². The van der Waals surface area contributed by atoms with Crippen molar-refractivity contribution < 1.29 is 42.1 Å². The molecule has 0 aliphatic rings. The second-order valence-corrected chi connectivity index (χ2v) is 16.8. The molecule has 9 nitrogen and oxygen atoms in total. The molecule has 0 saturated carbocycles. The first kappa shape index (κ1) is 49.8. The Morgan fingerprint density at radius 1 is 0.588 bits per heavy atom. The van der Waals surface area contributed by atoms with Gasteiger partial charge in [0.25, 0.3) is 7.82 Å². The summed E-state index contributed by atoms with van der Waals surface area (Å²) in [5.41, 5.74) is 0. The minimum Gasteiger partial charge on any atom is -0.756 e. The summed E-state index contributed by atoms with van der Waals surface area (Å²) in [6.45, 7) is 4.20. The zero-order chi connectivity index (χ0) is 37.9. The van der Waals surface area contributed by atoms with E-state index in [0.717, 1.165) is 51.4 Å². The fraction of sp³-hybridized carbons (Fsp3) is 0.902.